The van der Waals surface area contributed by atoms with Gasteiger partial charge in [0.25, 0.3) is 5.91 Å². The van der Waals surface area contributed by atoms with Crippen LogP contribution >= 0.6 is 22.9 Å². The lowest BCUT2D eigenvalue weighted by atomic mass is 10.2. The van der Waals surface area contributed by atoms with Crippen molar-refractivity contribution in [1.82, 2.24) is 15.2 Å². The first-order valence-electron chi connectivity index (χ1n) is 7.31. The summed E-state index contributed by atoms with van der Waals surface area (Å²) in [5.74, 6) is 0.0872. The lowest BCUT2D eigenvalue weighted by molar-refractivity contribution is 0.0660. The number of benzene rings is 1. The van der Waals surface area contributed by atoms with E-state index >= 15 is 0 Å². The molecule has 2 aromatic rings. The Hall–Kier alpha value is -1.43. The van der Waals surface area contributed by atoms with Crippen LogP contribution in [0.1, 0.15) is 22.3 Å². The molecule has 0 aliphatic carbocycles. The zero-order valence-corrected chi connectivity index (χ0v) is 14.2. The topological polar surface area (TPSA) is 45.2 Å². The molecule has 0 radical (unpaired) electrons. The van der Waals surface area contributed by atoms with Crippen LogP contribution in [-0.4, -0.2) is 41.5 Å². The maximum atomic E-state index is 12.8. The Morgan fingerprint density at radius 3 is 2.82 bits per heavy atom. The number of nitrogens with one attached hydrogen (secondary N) is 1. The monoisotopic (exact) mass is 335 g/mol. The number of piperazine rings is 1. The van der Waals surface area contributed by atoms with E-state index in [1.165, 1.54) is 11.3 Å². The second-order valence-electron chi connectivity index (χ2n) is 5.49. The zero-order valence-electron chi connectivity index (χ0n) is 12.6. The predicted molar refractivity (Wildman–Crippen MR) is 90.7 cm³/mol. The third kappa shape index (κ3) is 3.02. The Bertz CT molecular complexity index is 683. The van der Waals surface area contributed by atoms with Crippen molar-refractivity contribution in [1.29, 1.82) is 0 Å². The number of amides is 1. The van der Waals surface area contributed by atoms with E-state index in [4.69, 9.17) is 11.6 Å². The van der Waals surface area contributed by atoms with E-state index in [1.807, 2.05) is 36.1 Å². The van der Waals surface area contributed by atoms with Gasteiger partial charge in [0.1, 0.15) is 9.88 Å². The second-order valence-corrected chi connectivity index (χ2v) is 6.93. The quantitative estimate of drug-likeness (QED) is 0.916. The Kier molecular flexibility index (Phi) is 4.47. The van der Waals surface area contributed by atoms with Gasteiger partial charge in [-0.2, -0.15) is 0 Å². The molecular weight excluding hydrogens is 318 g/mol. The van der Waals surface area contributed by atoms with Crippen molar-refractivity contribution in [3.05, 3.63) is 39.9 Å². The van der Waals surface area contributed by atoms with Crippen LogP contribution in [0.3, 0.4) is 0 Å². The third-order valence-corrected chi connectivity index (χ3v) is 5.29. The molecule has 2 heterocycles. The molecule has 1 saturated heterocycles. The largest absolute Gasteiger partial charge is 0.333 e. The van der Waals surface area contributed by atoms with Crippen molar-refractivity contribution in [3.63, 3.8) is 0 Å². The average Bonchev–Trinajstić information content (AvgIpc) is 2.90. The molecule has 0 bridgehead atoms. The van der Waals surface area contributed by atoms with Crippen molar-refractivity contribution in [2.45, 2.75) is 19.9 Å². The standard InChI is InChI=1S/C16H18ClN3OS/c1-10-9-18-7-8-20(10)16(21)14-11(2)19-15(22-14)12-3-5-13(17)6-4-12/h3-6,10,18H,7-9H2,1-2H3/t10-/m1/s1. The number of rotatable bonds is 2. The van der Waals surface area contributed by atoms with Crippen LogP contribution in [-0.2, 0) is 0 Å². The van der Waals surface area contributed by atoms with Gasteiger partial charge in [0.2, 0.25) is 0 Å². The molecule has 1 aliphatic heterocycles. The summed E-state index contributed by atoms with van der Waals surface area (Å²) in [4.78, 5) is 20.0. The molecule has 1 fully saturated rings. The summed E-state index contributed by atoms with van der Waals surface area (Å²) in [5.41, 5.74) is 1.79. The van der Waals surface area contributed by atoms with E-state index in [0.29, 0.717) is 5.02 Å². The molecule has 1 aliphatic rings. The second kappa shape index (κ2) is 6.36. The van der Waals surface area contributed by atoms with E-state index < -0.39 is 0 Å². The number of aryl methyl sites for hydroxylation is 1. The van der Waals surface area contributed by atoms with Gasteiger partial charge in [-0.15, -0.1) is 11.3 Å². The van der Waals surface area contributed by atoms with Crippen molar-refractivity contribution in [2.24, 2.45) is 0 Å². The highest BCUT2D eigenvalue weighted by atomic mass is 35.5. The van der Waals surface area contributed by atoms with Gasteiger partial charge in [0.15, 0.2) is 0 Å². The summed E-state index contributed by atoms with van der Waals surface area (Å²) in [7, 11) is 0. The highest BCUT2D eigenvalue weighted by molar-refractivity contribution is 7.17. The number of nitrogens with zero attached hydrogens (tertiary/aromatic N) is 2. The van der Waals surface area contributed by atoms with E-state index in [9.17, 15) is 4.79 Å². The average molecular weight is 336 g/mol. The first kappa shape index (κ1) is 15.5. The van der Waals surface area contributed by atoms with Gasteiger partial charge in [0.05, 0.1) is 5.69 Å². The Morgan fingerprint density at radius 1 is 1.41 bits per heavy atom. The molecule has 22 heavy (non-hydrogen) atoms. The van der Waals surface area contributed by atoms with E-state index in [0.717, 1.165) is 40.8 Å². The van der Waals surface area contributed by atoms with Gasteiger partial charge in [-0.25, -0.2) is 4.98 Å². The fourth-order valence-corrected chi connectivity index (χ4v) is 3.74. The Morgan fingerprint density at radius 2 is 2.14 bits per heavy atom. The molecule has 3 rings (SSSR count). The zero-order chi connectivity index (χ0) is 15.7. The van der Waals surface area contributed by atoms with Crippen molar-refractivity contribution in [2.75, 3.05) is 19.6 Å². The van der Waals surface area contributed by atoms with Crippen LogP contribution < -0.4 is 5.32 Å². The van der Waals surface area contributed by atoms with Crippen LogP contribution in [0.5, 0.6) is 0 Å². The number of hydrogen-bond donors (Lipinski definition) is 1. The lowest BCUT2D eigenvalue weighted by Gasteiger charge is -2.33. The first-order valence-corrected chi connectivity index (χ1v) is 8.51. The highest BCUT2D eigenvalue weighted by Crippen LogP contribution is 2.30. The molecule has 1 aromatic carbocycles. The molecule has 4 nitrogen and oxygen atoms in total. The van der Waals surface area contributed by atoms with Crippen LogP contribution in [0.25, 0.3) is 10.6 Å². The molecule has 1 atom stereocenters. The highest BCUT2D eigenvalue weighted by Gasteiger charge is 2.27. The molecule has 1 aromatic heterocycles. The Balaban J connectivity index is 1.88. The summed E-state index contributed by atoms with van der Waals surface area (Å²) in [6.45, 7) is 6.40. The molecule has 0 unspecified atom stereocenters. The molecule has 0 saturated carbocycles. The molecule has 1 amide bonds. The summed E-state index contributed by atoms with van der Waals surface area (Å²) in [6.07, 6.45) is 0. The van der Waals surface area contributed by atoms with Gasteiger partial charge in [-0.3, -0.25) is 4.79 Å². The minimum Gasteiger partial charge on any atom is -0.333 e. The third-order valence-electron chi connectivity index (χ3n) is 3.84. The van der Waals surface area contributed by atoms with Crippen LogP contribution in [0.4, 0.5) is 0 Å². The Labute approximate surface area is 139 Å². The number of carbonyl (C=O) groups excluding carboxylic acids is 1. The fourth-order valence-electron chi connectivity index (χ4n) is 2.58. The number of aromatic nitrogens is 1. The molecule has 1 N–H and O–H groups in total. The van der Waals surface area contributed by atoms with Crippen LogP contribution in [0, 0.1) is 6.92 Å². The summed E-state index contributed by atoms with van der Waals surface area (Å²) >= 11 is 7.38. The number of halogens is 1. The van der Waals surface area contributed by atoms with Crippen molar-refractivity contribution in [3.8, 4) is 10.6 Å². The van der Waals surface area contributed by atoms with Gasteiger partial charge < -0.3 is 10.2 Å². The minimum absolute atomic E-state index is 0.0872. The van der Waals surface area contributed by atoms with Crippen LogP contribution in [0.2, 0.25) is 5.02 Å². The van der Waals surface area contributed by atoms with Gasteiger partial charge in [-0.05, 0) is 26.0 Å². The summed E-state index contributed by atoms with van der Waals surface area (Å²) in [5, 5.41) is 4.86. The lowest BCUT2D eigenvalue weighted by Crippen LogP contribution is -2.52. The smallest absolute Gasteiger partial charge is 0.266 e. The van der Waals surface area contributed by atoms with Crippen LogP contribution in [0.15, 0.2) is 24.3 Å². The van der Waals surface area contributed by atoms with Crippen molar-refractivity contribution >= 4 is 28.8 Å². The fraction of sp³-hybridized carbons (Fsp3) is 0.375. The summed E-state index contributed by atoms with van der Waals surface area (Å²) < 4.78 is 0. The van der Waals surface area contributed by atoms with Crippen molar-refractivity contribution < 1.29 is 4.79 Å². The van der Waals surface area contributed by atoms with Gasteiger partial charge in [-0.1, -0.05) is 23.7 Å². The van der Waals surface area contributed by atoms with E-state index in [2.05, 4.69) is 17.2 Å². The number of carbonyl (C=O) groups is 1. The normalized spacial score (nSPS) is 18.5. The maximum absolute atomic E-state index is 12.8. The molecule has 116 valence electrons. The van der Waals surface area contributed by atoms with Gasteiger partial charge in [0, 0.05) is 36.3 Å². The maximum Gasteiger partial charge on any atom is 0.266 e. The number of hydrogen-bond acceptors (Lipinski definition) is 4. The minimum atomic E-state index is 0.0872. The van der Waals surface area contributed by atoms with E-state index in [1.54, 1.807) is 0 Å². The molecule has 0 spiro atoms. The predicted octanol–water partition coefficient (Wildman–Crippen LogP) is 3.21. The van der Waals surface area contributed by atoms with Gasteiger partial charge >= 0.3 is 0 Å². The first-order chi connectivity index (χ1) is 10.6. The number of thiazole rings is 1. The molecule has 6 heteroatoms. The molecular formula is C16H18ClN3OS. The summed E-state index contributed by atoms with van der Waals surface area (Å²) in [6, 6.07) is 7.76. The van der Waals surface area contributed by atoms with E-state index in [-0.39, 0.29) is 11.9 Å². The SMILES string of the molecule is Cc1nc(-c2ccc(Cl)cc2)sc1C(=O)N1CCNC[C@H]1C.